The highest BCUT2D eigenvalue weighted by atomic mass is 16.7. The number of hydroxylamine groups is 2. The summed E-state index contributed by atoms with van der Waals surface area (Å²) in [6, 6.07) is 7.88. The van der Waals surface area contributed by atoms with E-state index in [0.29, 0.717) is 12.6 Å². The number of hydrogen-bond donors (Lipinski definition) is 0. The maximum atomic E-state index is 12.5. The van der Waals surface area contributed by atoms with Crippen molar-refractivity contribution in [3.8, 4) is 0 Å². The van der Waals surface area contributed by atoms with E-state index in [0.717, 1.165) is 37.1 Å². The summed E-state index contributed by atoms with van der Waals surface area (Å²) in [5.74, 6) is 0.313. The number of benzene rings is 1. The Labute approximate surface area is 145 Å². The number of hydrogen-bond acceptors (Lipinski definition) is 4. The van der Waals surface area contributed by atoms with Gasteiger partial charge in [0.05, 0.1) is 19.4 Å². The second-order valence-electron chi connectivity index (χ2n) is 7.35. The van der Waals surface area contributed by atoms with E-state index in [4.69, 9.17) is 9.57 Å². The zero-order chi connectivity index (χ0) is 17.7. The smallest absolute Gasteiger partial charge is 0.277 e. The average molecular weight is 334 g/mol. The van der Waals surface area contributed by atoms with Crippen molar-refractivity contribution in [2.75, 3.05) is 34.0 Å². The van der Waals surface area contributed by atoms with Gasteiger partial charge in [-0.25, -0.2) is 5.06 Å². The Hall–Kier alpha value is -1.43. The fourth-order valence-corrected chi connectivity index (χ4v) is 2.96. The summed E-state index contributed by atoms with van der Waals surface area (Å²) in [6.45, 7) is 8.88. The van der Waals surface area contributed by atoms with E-state index in [1.54, 1.807) is 7.05 Å². The van der Waals surface area contributed by atoms with E-state index in [1.807, 2.05) is 18.2 Å². The Morgan fingerprint density at radius 3 is 2.46 bits per heavy atom. The van der Waals surface area contributed by atoms with Crippen molar-refractivity contribution < 1.29 is 14.4 Å². The molecule has 1 amide bonds. The topological polar surface area (TPSA) is 42.0 Å². The standard InChI is InChI=1S/C19H30N2O3/c1-19(2,3)24-14-21-12-10-15(11-13-21)16-8-6-7-9-17(16)18(22)20(4)23-5/h6-9,15H,10-14H2,1-5H3. The van der Waals surface area contributed by atoms with Crippen molar-refractivity contribution >= 4 is 5.91 Å². The third-order valence-corrected chi connectivity index (χ3v) is 4.46. The second kappa shape index (κ2) is 8.10. The first-order valence-corrected chi connectivity index (χ1v) is 8.59. The van der Waals surface area contributed by atoms with Gasteiger partial charge in [-0.15, -0.1) is 0 Å². The summed E-state index contributed by atoms with van der Waals surface area (Å²) in [4.78, 5) is 19.9. The van der Waals surface area contributed by atoms with Gasteiger partial charge in [0.1, 0.15) is 0 Å². The van der Waals surface area contributed by atoms with Crippen molar-refractivity contribution in [2.24, 2.45) is 0 Å². The van der Waals surface area contributed by atoms with Crippen LogP contribution < -0.4 is 0 Å². The normalized spacial score (nSPS) is 17.0. The van der Waals surface area contributed by atoms with Crippen LogP contribution in [-0.2, 0) is 9.57 Å². The van der Waals surface area contributed by atoms with Crippen molar-refractivity contribution in [3.63, 3.8) is 0 Å². The molecule has 1 aromatic rings. The predicted molar refractivity (Wildman–Crippen MR) is 94.8 cm³/mol. The summed E-state index contributed by atoms with van der Waals surface area (Å²) >= 11 is 0. The third-order valence-electron chi connectivity index (χ3n) is 4.46. The minimum absolute atomic E-state index is 0.0911. The Morgan fingerprint density at radius 2 is 1.88 bits per heavy atom. The minimum Gasteiger partial charge on any atom is -0.360 e. The van der Waals surface area contributed by atoms with Gasteiger partial charge < -0.3 is 4.74 Å². The second-order valence-corrected chi connectivity index (χ2v) is 7.35. The summed E-state index contributed by atoms with van der Waals surface area (Å²) in [7, 11) is 3.15. The highest BCUT2D eigenvalue weighted by molar-refractivity contribution is 5.95. The predicted octanol–water partition coefficient (Wildman–Crippen LogP) is 3.27. The SMILES string of the molecule is CON(C)C(=O)c1ccccc1C1CCN(COC(C)(C)C)CC1. The van der Waals surface area contributed by atoms with E-state index in [9.17, 15) is 4.79 Å². The fourth-order valence-electron chi connectivity index (χ4n) is 2.96. The molecule has 1 fully saturated rings. The van der Waals surface area contributed by atoms with Gasteiger partial charge in [0, 0.05) is 25.7 Å². The molecule has 0 unspecified atom stereocenters. The average Bonchev–Trinajstić information content (AvgIpc) is 2.58. The zero-order valence-electron chi connectivity index (χ0n) is 15.5. The molecule has 5 nitrogen and oxygen atoms in total. The van der Waals surface area contributed by atoms with E-state index >= 15 is 0 Å². The lowest BCUT2D eigenvalue weighted by atomic mass is 9.86. The van der Waals surface area contributed by atoms with Gasteiger partial charge in [-0.1, -0.05) is 18.2 Å². The first-order valence-electron chi connectivity index (χ1n) is 8.59. The number of carbonyl (C=O) groups is 1. The van der Waals surface area contributed by atoms with Gasteiger partial charge in [-0.3, -0.25) is 14.5 Å². The molecule has 0 N–H and O–H groups in total. The van der Waals surface area contributed by atoms with Crippen molar-refractivity contribution in [1.29, 1.82) is 0 Å². The Bertz CT molecular complexity index is 546. The van der Waals surface area contributed by atoms with Crippen molar-refractivity contribution in [3.05, 3.63) is 35.4 Å². The van der Waals surface area contributed by atoms with Crippen LogP contribution in [0.5, 0.6) is 0 Å². The lowest BCUT2D eigenvalue weighted by Gasteiger charge is -2.34. The lowest BCUT2D eigenvalue weighted by Crippen LogP contribution is -2.38. The number of carbonyl (C=O) groups excluding carboxylic acids is 1. The van der Waals surface area contributed by atoms with Gasteiger partial charge in [0.15, 0.2) is 0 Å². The molecule has 0 saturated carbocycles. The Morgan fingerprint density at radius 1 is 1.25 bits per heavy atom. The number of amides is 1. The van der Waals surface area contributed by atoms with Crippen LogP contribution in [0.3, 0.4) is 0 Å². The molecule has 2 rings (SSSR count). The van der Waals surface area contributed by atoms with Crippen LogP contribution in [0, 0.1) is 0 Å². The highest BCUT2D eigenvalue weighted by Crippen LogP contribution is 2.31. The van der Waals surface area contributed by atoms with Gasteiger partial charge >= 0.3 is 0 Å². The quantitative estimate of drug-likeness (QED) is 0.775. The van der Waals surface area contributed by atoms with Crippen molar-refractivity contribution in [1.82, 2.24) is 9.96 Å². The molecule has 1 aliphatic rings. The monoisotopic (exact) mass is 334 g/mol. The summed E-state index contributed by atoms with van der Waals surface area (Å²) in [5.41, 5.74) is 1.76. The molecule has 1 aliphatic heterocycles. The van der Waals surface area contributed by atoms with E-state index in [1.165, 1.54) is 12.2 Å². The summed E-state index contributed by atoms with van der Waals surface area (Å²) in [5, 5.41) is 1.28. The molecule has 0 radical (unpaired) electrons. The fraction of sp³-hybridized carbons (Fsp3) is 0.632. The van der Waals surface area contributed by atoms with Crippen LogP contribution in [0.1, 0.15) is 55.5 Å². The van der Waals surface area contributed by atoms with Crippen LogP contribution >= 0.6 is 0 Å². The number of nitrogens with zero attached hydrogens (tertiary/aromatic N) is 2. The molecule has 134 valence electrons. The molecule has 1 aromatic carbocycles. The molecule has 0 spiro atoms. The maximum absolute atomic E-state index is 12.5. The van der Waals surface area contributed by atoms with Crippen LogP contribution in [0.4, 0.5) is 0 Å². The van der Waals surface area contributed by atoms with Crippen molar-refractivity contribution in [2.45, 2.75) is 45.1 Å². The minimum atomic E-state index is -0.111. The number of likely N-dealkylation sites (tertiary alicyclic amines) is 1. The molecule has 1 saturated heterocycles. The largest absolute Gasteiger partial charge is 0.360 e. The van der Waals surface area contributed by atoms with Crippen LogP contribution in [-0.4, -0.2) is 55.4 Å². The number of ether oxygens (including phenoxy) is 1. The molecule has 0 atom stereocenters. The molecular weight excluding hydrogens is 304 g/mol. The number of rotatable bonds is 5. The zero-order valence-corrected chi connectivity index (χ0v) is 15.5. The lowest BCUT2D eigenvalue weighted by molar-refractivity contribution is -0.0759. The van der Waals surface area contributed by atoms with Crippen LogP contribution in [0.15, 0.2) is 24.3 Å². The van der Waals surface area contributed by atoms with Gasteiger partial charge in [0.2, 0.25) is 0 Å². The Kier molecular flexibility index (Phi) is 6.38. The molecule has 1 heterocycles. The summed E-state index contributed by atoms with van der Waals surface area (Å²) in [6.07, 6.45) is 2.07. The highest BCUT2D eigenvalue weighted by Gasteiger charge is 2.26. The van der Waals surface area contributed by atoms with Gasteiger partial charge in [-0.05, 0) is 51.2 Å². The number of piperidine rings is 1. The molecule has 0 aliphatic carbocycles. The van der Waals surface area contributed by atoms with Gasteiger partial charge in [-0.2, -0.15) is 0 Å². The molecule has 5 heteroatoms. The maximum Gasteiger partial charge on any atom is 0.277 e. The molecule has 0 bridgehead atoms. The van der Waals surface area contributed by atoms with Gasteiger partial charge in [0.25, 0.3) is 5.91 Å². The Balaban J connectivity index is 2.01. The molecular formula is C19H30N2O3. The third kappa shape index (κ3) is 5.03. The van der Waals surface area contributed by atoms with Crippen LogP contribution in [0.2, 0.25) is 0 Å². The van der Waals surface area contributed by atoms with E-state index < -0.39 is 0 Å². The summed E-state index contributed by atoms with van der Waals surface area (Å²) < 4.78 is 5.87. The first kappa shape index (κ1) is 18.9. The van der Waals surface area contributed by atoms with E-state index in [2.05, 4.69) is 31.7 Å². The molecule has 24 heavy (non-hydrogen) atoms. The molecule has 0 aromatic heterocycles. The van der Waals surface area contributed by atoms with E-state index in [-0.39, 0.29) is 11.5 Å². The van der Waals surface area contributed by atoms with Crippen LogP contribution in [0.25, 0.3) is 0 Å². The first-order chi connectivity index (χ1) is 11.3.